The van der Waals surface area contributed by atoms with Gasteiger partial charge in [0, 0.05) is 12.0 Å². The molecule has 0 atom stereocenters. The molecule has 1 N–H and O–H groups in total. The third-order valence-corrected chi connectivity index (χ3v) is 3.45. The number of aldehydes is 1. The molecule has 0 radical (unpaired) electrons. The quantitative estimate of drug-likeness (QED) is 0.585. The van der Waals surface area contributed by atoms with Crippen LogP contribution in [0.1, 0.15) is 33.6 Å². The van der Waals surface area contributed by atoms with E-state index in [0.29, 0.717) is 23.0 Å². The Bertz CT molecular complexity index is 752. The van der Waals surface area contributed by atoms with Crippen LogP contribution in [0.15, 0.2) is 42.5 Å². The van der Waals surface area contributed by atoms with Gasteiger partial charge in [0.15, 0.2) is 0 Å². The molecular weight excluding hydrogens is 337 g/mol. The van der Waals surface area contributed by atoms with Crippen molar-refractivity contribution in [2.24, 2.45) is 0 Å². The molecule has 0 fully saturated rings. The first kappa shape index (κ1) is 18.5. The molecule has 0 saturated heterocycles. The molecule has 132 valence electrons. The lowest BCUT2D eigenvalue weighted by molar-refractivity contribution is -0.136. The van der Waals surface area contributed by atoms with E-state index in [0.717, 1.165) is 0 Å². The highest BCUT2D eigenvalue weighted by molar-refractivity contribution is 5.96. The Morgan fingerprint density at radius 1 is 1.12 bits per heavy atom. The molecule has 0 aliphatic carbocycles. The van der Waals surface area contributed by atoms with Gasteiger partial charge in [0.2, 0.25) is 0 Å². The lowest BCUT2D eigenvalue weighted by Gasteiger charge is -2.12. The number of carboxylic acids is 1. The van der Waals surface area contributed by atoms with E-state index in [1.165, 1.54) is 18.2 Å². The zero-order valence-electron chi connectivity index (χ0n) is 13.0. The van der Waals surface area contributed by atoms with Gasteiger partial charge in [-0.05, 0) is 35.7 Å². The van der Waals surface area contributed by atoms with Crippen LogP contribution >= 0.6 is 0 Å². The molecule has 25 heavy (non-hydrogen) atoms. The molecule has 0 unspecified atom stereocenters. The largest absolute Gasteiger partial charge is 0.494 e. The molecular formula is C18H15F3O4. The van der Waals surface area contributed by atoms with Gasteiger partial charge in [-0.25, -0.2) is 4.79 Å². The molecule has 7 heteroatoms. The molecule has 0 amide bonds. The number of aromatic carboxylic acids is 1. The number of hydrogen-bond donors (Lipinski definition) is 1. The lowest BCUT2D eigenvalue weighted by atomic mass is 9.98. The van der Waals surface area contributed by atoms with E-state index >= 15 is 0 Å². The number of rotatable bonds is 7. The first-order valence-electron chi connectivity index (χ1n) is 7.42. The molecule has 2 aromatic rings. The number of ether oxygens (including phenoxy) is 1. The van der Waals surface area contributed by atoms with Crippen molar-refractivity contribution in [2.45, 2.75) is 19.0 Å². The van der Waals surface area contributed by atoms with Crippen LogP contribution in [0, 0.1) is 0 Å². The maximum atomic E-state index is 12.1. The molecule has 0 bridgehead atoms. The van der Waals surface area contributed by atoms with Gasteiger partial charge < -0.3 is 9.84 Å². The number of hydrogen-bond acceptors (Lipinski definition) is 3. The van der Waals surface area contributed by atoms with Crippen molar-refractivity contribution in [3.63, 3.8) is 0 Å². The van der Waals surface area contributed by atoms with Gasteiger partial charge in [-0.15, -0.1) is 0 Å². The maximum absolute atomic E-state index is 12.1. The van der Waals surface area contributed by atoms with Gasteiger partial charge in [0.25, 0.3) is 0 Å². The van der Waals surface area contributed by atoms with Gasteiger partial charge in [-0.3, -0.25) is 4.79 Å². The van der Waals surface area contributed by atoms with Crippen LogP contribution in [0.3, 0.4) is 0 Å². The number of halogens is 3. The molecule has 0 heterocycles. The fourth-order valence-electron chi connectivity index (χ4n) is 2.24. The normalized spacial score (nSPS) is 11.2. The average Bonchev–Trinajstić information content (AvgIpc) is 2.57. The fraction of sp³-hybridized carbons (Fsp3) is 0.222. The van der Waals surface area contributed by atoms with E-state index in [2.05, 4.69) is 0 Å². The van der Waals surface area contributed by atoms with Crippen molar-refractivity contribution < 1.29 is 32.6 Å². The van der Waals surface area contributed by atoms with Crippen molar-refractivity contribution in [3.05, 3.63) is 53.6 Å². The zero-order chi connectivity index (χ0) is 18.4. The summed E-state index contributed by atoms with van der Waals surface area (Å²) in [6.45, 7) is -0.130. The molecule has 0 saturated carbocycles. The molecule has 0 aliphatic rings. The van der Waals surface area contributed by atoms with Crippen LogP contribution in [-0.4, -0.2) is 30.1 Å². The number of alkyl halides is 3. The Morgan fingerprint density at radius 3 is 2.36 bits per heavy atom. The van der Waals surface area contributed by atoms with E-state index in [1.54, 1.807) is 24.3 Å². The molecule has 4 nitrogen and oxygen atoms in total. The summed E-state index contributed by atoms with van der Waals surface area (Å²) < 4.78 is 41.7. The predicted octanol–water partition coefficient (Wildman–Crippen LogP) is 4.59. The Balaban J connectivity index is 2.21. The fourth-order valence-corrected chi connectivity index (χ4v) is 2.24. The summed E-state index contributed by atoms with van der Waals surface area (Å²) in [5.41, 5.74) is 1.39. The van der Waals surface area contributed by atoms with Crippen LogP contribution in [0.2, 0.25) is 0 Å². The van der Waals surface area contributed by atoms with Crippen LogP contribution in [0.5, 0.6) is 5.75 Å². The smallest absolute Gasteiger partial charge is 0.389 e. The van der Waals surface area contributed by atoms with Crippen LogP contribution in [0.4, 0.5) is 13.2 Å². The van der Waals surface area contributed by atoms with Crippen molar-refractivity contribution in [3.8, 4) is 16.9 Å². The summed E-state index contributed by atoms with van der Waals surface area (Å²) in [5, 5.41) is 9.30. The summed E-state index contributed by atoms with van der Waals surface area (Å²) in [7, 11) is 0. The highest BCUT2D eigenvalue weighted by Gasteiger charge is 2.26. The van der Waals surface area contributed by atoms with Crippen LogP contribution < -0.4 is 4.74 Å². The highest BCUT2D eigenvalue weighted by atomic mass is 19.4. The van der Waals surface area contributed by atoms with Gasteiger partial charge in [0.1, 0.15) is 12.0 Å². The van der Waals surface area contributed by atoms with E-state index in [1.807, 2.05) is 0 Å². The first-order valence-corrected chi connectivity index (χ1v) is 7.42. The summed E-state index contributed by atoms with van der Waals surface area (Å²) >= 11 is 0. The van der Waals surface area contributed by atoms with Gasteiger partial charge in [0.05, 0.1) is 12.2 Å². The Kier molecular flexibility index (Phi) is 5.80. The van der Waals surface area contributed by atoms with Gasteiger partial charge in [-0.2, -0.15) is 13.2 Å². The zero-order valence-corrected chi connectivity index (χ0v) is 13.0. The predicted molar refractivity (Wildman–Crippen MR) is 85.0 cm³/mol. The van der Waals surface area contributed by atoms with Crippen molar-refractivity contribution in [2.75, 3.05) is 6.61 Å². The minimum Gasteiger partial charge on any atom is -0.494 e. The number of benzene rings is 2. The Labute approximate surface area is 141 Å². The van der Waals surface area contributed by atoms with E-state index in [-0.39, 0.29) is 24.3 Å². The molecule has 2 rings (SSSR count). The van der Waals surface area contributed by atoms with Gasteiger partial charge in [-0.1, -0.05) is 24.3 Å². The second-order valence-corrected chi connectivity index (χ2v) is 5.32. The second-order valence-electron chi connectivity index (χ2n) is 5.32. The Morgan fingerprint density at radius 2 is 1.80 bits per heavy atom. The Hall–Kier alpha value is -2.83. The van der Waals surface area contributed by atoms with Crippen LogP contribution in [0.25, 0.3) is 11.1 Å². The standard InChI is InChI=1S/C18H15F3O4/c19-18(20,21)8-1-9-25-14-6-7-15(17(23)24)16(10-14)13-4-2-12(11-22)3-5-13/h2-7,10-11H,1,8-9H2,(H,23,24). The van der Waals surface area contributed by atoms with Crippen molar-refractivity contribution in [1.82, 2.24) is 0 Å². The molecule has 2 aromatic carbocycles. The lowest BCUT2D eigenvalue weighted by Crippen LogP contribution is -2.10. The maximum Gasteiger partial charge on any atom is 0.389 e. The monoisotopic (exact) mass is 352 g/mol. The van der Waals surface area contributed by atoms with Crippen LogP contribution in [-0.2, 0) is 0 Å². The highest BCUT2D eigenvalue weighted by Crippen LogP contribution is 2.29. The third kappa shape index (κ3) is 5.34. The minimum atomic E-state index is -4.23. The summed E-state index contributed by atoms with van der Waals surface area (Å²) in [5.74, 6) is -0.861. The third-order valence-electron chi connectivity index (χ3n) is 3.45. The topological polar surface area (TPSA) is 63.6 Å². The molecule has 0 aromatic heterocycles. The summed E-state index contributed by atoms with van der Waals surface area (Å²) in [6, 6.07) is 10.5. The second kappa shape index (κ2) is 7.83. The number of carbonyl (C=O) groups is 2. The van der Waals surface area contributed by atoms with Gasteiger partial charge >= 0.3 is 12.1 Å². The number of carboxylic acid groups (broad SMARTS) is 1. The average molecular weight is 352 g/mol. The van der Waals surface area contributed by atoms with E-state index in [9.17, 15) is 27.9 Å². The summed E-state index contributed by atoms with van der Waals surface area (Å²) in [6.07, 6.45) is -4.70. The molecule has 0 spiro atoms. The first-order chi connectivity index (χ1) is 11.8. The molecule has 0 aliphatic heterocycles. The number of carbonyl (C=O) groups excluding carboxylic acids is 1. The van der Waals surface area contributed by atoms with E-state index < -0.39 is 18.6 Å². The van der Waals surface area contributed by atoms with Crippen molar-refractivity contribution >= 4 is 12.3 Å². The van der Waals surface area contributed by atoms with E-state index in [4.69, 9.17) is 4.74 Å². The van der Waals surface area contributed by atoms with Crippen molar-refractivity contribution in [1.29, 1.82) is 0 Å². The minimum absolute atomic E-state index is 0.0292. The summed E-state index contributed by atoms with van der Waals surface area (Å²) in [4.78, 5) is 22.1. The SMILES string of the molecule is O=Cc1ccc(-c2cc(OCCCC(F)(F)F)ccc2C(=O)O)cc1.